The largest absolute Gasteiger partial charge is 0.388 e. The van der Waals surface area contributed by atoms with Crippen molar-refractivity contribution in [2.24, 2.45) is 0 Å². The number of hydrogen-bond donors (Lipinski definition) is 1. The normalized spacial score (nSPS) is 22.4. The van der Waals surface area contributed by atoms with Gasteiger partial charge in [0.2, 0.25) is 0 Å². The molecule has 1 saturated heterocycles. The number of β-amino-alcohol motifs (C(OH)–C–C–N with tert-alkyl or cyclic N) is 1. The van der Waals surface area contributed by atoms with Crippen molar-refractivity contribution in [3.05, 3.63) is 40.7 Å². The molecule has 0 aliphatic carbocycles. The fraction of sp³-hybridized carbons (Fsp3) is 0.357. The van der Waals surface area contributed by atoms with E-state index in [4.69, 9.17) is 0 Å². The molecular weight excluding hydrogens is 258 g/mol. The quantitative estimate of drug-likeness (QED) is 0.669. The standard InChI is InChI=1S/C14H15N3O3/c1-14(18)5-7-16(9-14)12-2-3-13(17(19)20)10-4-6-15-8-11(10)12/h2-4,6,8,18H,5,7,9H2,1H3. The second-order valence-corrected chi connectivity index (χ2v) is 5.45. The van der Waals surface area contributed by atoms with Crippen LogP contribution in [0, 0.1) is 10.1 Å². The van der Waals surface area contributed by atoms with Gasteiger partial charge in [0, 0.05) is 42.6 Å². The molecule has 0 bridgehead atoms. The minimum Gasteiger partial charge on any atom is -0.388 e. The van der Waals surface area contributed by atoms with Crippen LogP contribution < -0.4 is 4.90 Å². The first-order chi connectivity index (χ1) is 9.48. The summed E-state index contributed by atoms with van der Waals surface area (Å²) in [7, 11) is 0. The SMILES string of the molecule is CC1(O)CCN(c2ccc([N+](=O)[O-])c3ccncc23)C1. The molecule has 1 unspecified atom stereocenters. The average molecular weight is 273 g/mol. The number of non-ortho nitro benzene ring substituents is 1. The smallest absolute Gasteiger partial charge is 0.277 e. The fourth-order valence-corrected chi connectivity index (χ4v) is 2.75. The number of aliphatic hydroxyl groups is 1. The van der Waals surface area contributed by atoms with Gasteiger partial charge >= 0.3 is 0 Å². The highest BCUT2D eigenvalue weighted by Crippen LogP contribution is 2.35. The number of hydrogen-bond acceptors (Lipinski definition) is 5. The maximum Gasteiger partial charge on any atom is 0.277 e. The summed E-state index contributed by atoms with van der Waals surface area (Å²) in [6.45, 7) is 3.06. The summed E-state index contributed by atoms with van der Waals surface area (Å²) in [6, 6.07) is 4.92. The van der Waals surface area contributed by atoms with Crippen LogP contribution in [-0.2, 0) is 0 Å². The van der Waals surface area contributed by atoms with Crippen molar-refractivity contribution in [3.63, 3.8) is 0 Å². The summed E-state index contributed by atoms with van der Waals surface area (Å²) in [5, 5.41) is 22.5. The summed E-state index contributed by atoms with van der Waals surface area (Å²) in [4.78, 5) is 16.8. The Kier molecular flexibility index (Phi) is 2.83. The van der Waals surface area contributed by atoms with Gasteiger partial charge in [-0.25, -0.2) is 0 Å². The van der Waals surface area contributed by atoms with Crippen molar-refractivity contribution in [2.45, 2.75) is 18.9 Å². The molecule has 1 fully saturated rings. The second kappa shape index (κ2) is 4.42. The molecule has 1 N–H and O–H groups in total. The lowest BCUT2D eigenvalue weighted by atomic mass is 10.1. The van der Waals surface area contributed by atoms with Gasteiger partial charge in [0.1, 0.15) is 0 Å². The molecule has 104 valence electrons. The molecule has 1 aliphatic heterocycles. The van der Waals surface area contributed by atoms with Gasteiger partial charge in [-0.2, -0.15) is 0 Å². The van der Waals surface area contributed by atoms with Crippen LogP contribution in [0.4, 0.5) is 11.4 Å². The Morgan fingerprint density at radius 2 is 2.20 bits per heavy atom. The molecule has 2 aromatic rings. The van der Waals surface area contributed by atoms with Crippen molar-refractivity contribution in [1.82, 2.24) is 4.98 Å². The average Bonchev–Trinajstić information content (AvgIpc) is 2.77. The molecule has 2 heterocycles. The Balaban J connectivity index is 2.14. The van der Waals surface area contributed by atoms with Crippen molar-refractivity contribution >= 4 is 22.1 Å². The first kappa shape index (κ1) is 12.8. The highest BCUT2D eigenvalue weighted by atomic mass is 16.6. The first-order valence-electron chi connectivity index (χ1n) is 6.46. The third kappa shape index (κ3) is 2.08. The lowest BCUT2D eigenvalue weighted by molar-refractivity contribution is -0.383. The summed E-state index contributed by atoms with van der Waals surface area (Å²) in [6.07, 6.45) is 3.88. The Morgan fingerprint density at radius 3 is 2.85 bits per heavy atom. The summed E-state index contributed by atoms with van der Waals surface area (Å²) >= 11 is 0. The molecule has 1 atom stereocenters. The van der Waals surface area contributed by atoms with Crippen LogP contribution in [0.3, 0.4) is 0 Å². The van der Waals surface area contributed by atoms with Crippen LogP contribution in [0.15, 0.2) is 30.6 Å². The maximum atomic E-state index is 11.1. The van der Waals surface area contributed by atoms with E-state index in [2.05, 4.69) is 4.98 Å². The van der Waals surface area contributed by atoms with Crippen LogP contribution in [0.1, 0.15) is 13.3 Å². The molecule has 0 spiro atoms. The highest BCUT2D eigenvalue weighted by Gasteiger charge is 2.32. The zero-order valence-corrected chi connectivity index (χ0v) is 11.1. The molecule has 1 aromatic heterocycles. The minimum absolute atomic E-state index is 0.0807. The molecule has 6 nitrogen and oxygen atoms in total. The number of nitro benzene ring substituents is 1. The Hall–Kier alpha value is -2.21. The monoisotopic (exact) mass is 273 g/mol. The molecule has 0 radical (unpaired) electrons. The third-order valence-corrected chi connectivity index (χ3v) is 3.76. The number of nitro groups is 1. The zero-order chi connectivity index (χ0) is 14.3. The molecular formula is C14H15N3O3. The molecule has 6 heteroatoms. The number of aromatic nitrogens is 1. The van der Waals surface area contributed by atoms with Crippen molar-refractivity contribution in [1.29, 1.82) is 0 Å². The summed E-state index contributed by atoms with van der Waals surface area (Å²) < 4.78 is 0. The van der Waals surface area contributed by atoms with Gasteiger partial charge in [0.15, 0.2) is 0 Å². The third-order valence-electron chi connectivity index (χ3n) is 3.76. The lowest BCUT2D eigenvalue weighted by Crippen LogP contribution is -2.29. The minimum atomic E-state index is -0.712. The Bertz CT molecular complexity index is 684. The molecule has 0 saturated carbocycles. The van der Waals surface area contributed by atoms with Gasteiger partial charge in [-0.05, 0) is 25.5 Å². The predicted octanol–water partition coefficient (Wildman–Crippen LogP) is 2.10. The summed E-state index contributed by atoms with van der Waals surface area (Å²) in [5.41, 5.74) is 0.254. The Labute approximate surface area is 115 Å². The van der Waals surface area contributed by atoms with E-state index in [0.717, 1.165) is 17.6 Å². The van der Waals surface area contributed by atoms with E-state index in [1.165, 1.54) is 6.07 Å². The molecule has 1 aromatic carbocycles. The molecule has 0 amide bonds. The van der Waals surface area contributed by atoms with Crippen LogP contribution >= 0.6 is 0 Å². The predicted molar refractivity (Wildman–Crippen MR) is 75.9 cm³/mol. The van der Waals surface area contributed by atoms with E-state index in [-0.39, 0.29) is 10.6 Å². The van der Waals surface area contributed by atoms with Gasteiger partial charge in [0.05, 0.1) is 15.9 Å². The molecule has 3 rings (SSSR count). The van der Waals surface area contributed by atoms with E-state index < -0.39 is 5.60 Å². The van der Waals surface area contributed by atoms with E-state index in [9.17, 15) is 15.2 Å². The van der Waals surface area contributed by atoms with E-state index in [0.29, 0.717) is 18.4 Å². The van der Waals surface area contributed by atoms with Crippen LogP contribution in [-0.4, -0.2) is 33.7 Å². The van der Waals surface area contributed by atoms with Crippen LogP contribution in [0.5, 0.6) is 0 Å². The van der Waals surface area contributed by atoms with Crippen molar-refractivity contribution < 1.29 is 10.0 Å². The van der Waals surface area contributed by atoms with Gasteiger partial charge in [-0.3, -0.25) is 15.1 Å². The van der Waals surface area contributed by atoms with E-state index in [1.807, 2.05) is 4.90 Å². The topological polar surface area (TPSA) is 79.5 Å². The Morgan fingerprint density at radius 1 is 1.40 bits per heavy atom. The number of pyridine rings is 1. The number of anilines is 1. The number of fused-ring (bicyclic) bond motifs is 1. The number of nitrogens with zero attached hydrogens (tertiary/aromatic N) is 3. The molecule has 1 aliphatic rings. The fourth-order valence-electron chi connectivity index (χ4n) is 2.75. The molecule has 20 heavy (non-hydrogen) atoms. The van der Waals surface area contributed by atoms with Crippen LogP contribution in [0.25, 0.3) is 10.8 Å². The van der Waals surface area contributed by atoms with E-state index >= 15 is 0 Å². The number of rotatable bonds is 2. The second-order valence-electron chi connectivity index (χ2n) is 5.45. The maximum absolute atomic E-state index is 11.1. The first-order valence-corrected chi connectivity index (χ1v) is 6.46. The van der Waals surface area contributed by atoms with Gasteiger partial charge in [-0.1, -0.05) is 0 Å². The van der Waals surface area contributed by atoms with Gasteiger partial charge in [-0.15, -0.1) is 0 Å². The summed E-state index contributed by atoms with van der Waals surface area (Å²) in [5.74, 6) is 0. The van der Waals surface area contributed by atoms with Gasteiger partial charge < -0.3 is 10.0 Å². The van der Waals surface area contributed by atoms with Crippen molar-refractivity contribution in [2.75, 3.05) is 18.0 Å². The zero-order valence-electron chi connectivity index (χ0n) is 11.1. The van der Waals surface area contributed by atoms with E-state index in [1.54, 1.807) is 31.5 Å². The number of benzene rings is 1. The lowest BCUT2D eigenvalue weighted by Gasteiger charge is -2.22. The highest BCUT2D eigenvalue weighted by molar-refractivity contribution is 5.99. The van der Waals surface area contributed by atoms with Crippen molar-refractivity contribution in [3.8, 4) is 0 Å². The van der Waals surface area contributed by atoms with Gasteiger partial charge in [0.25, 0.3) is 5.69 Å². The van der Waals surface area contributed by atoms with Crippen LogP contribution in [0.2, 0.25) is 0 Å².